The highest BCUT2D eigenvalue weighted by atomic mass is 16.5. The van der Waals surface area contributed by atoms with Crippen molar-refractivity contribution in [2.24, 2.45) is 0 Å². The second-order valence-corrected chi connectivity index (χ2v) is 7.14. The fraction of sp³-hybridized carbons (Fsp3) is 0.409. The maximum Gasteiger partial charge on any atom is 0.319 e. The number of carbonyl (C=O) groups excluding carboxylic acids is 1. The number of hydrogen-bond acceptors (Lipinski definition) is 4. The van der Waals surface area contributed by atoms with Crippen molar-refractivity contribution in [3.05, 3.63) is 53.6 Å². The van der Waals surface area contributed by atoms with E-state index in [2.05, 4.69) is 29.5 Å². The number of rotatable bonds is 8. The Balaban J connectivity index is 1.46. The topological polar surface area (TPSA) is 73.8 Å². The molecule has 0 saturated heterocycles. The van der Waals surface area contributed by atoms with Crippen LogP contribution in [0.4, 0.5) is 16.2 Å². The summed E-state index contributed by atoms with van der Waals surface area (Å²) in [4.78, 5) is 14.3. The number of likely N-dealkylation sites (N-methyl/N-ethyl adjacent to an activating group) is 1. The van der Waals surface area contributed by atoms with E-state index in [9.17, 15) is 9.90 Å². The van der Waals surface area contributed by atoms with Crippen LogP contribution in [0.15, 0.2) is 42.5 Å². The van der Waals surface area contributed by atoms with E-state index in [1.807, 2.05) is 30.3 Å². The predicted octanol–water partition coefficient (Wildman–Crippen LogP) is 3.71. The Morgan fingerprint density at radius 3 is 2.79 bits per heavy atom. The lowest BCUT2D eigenvalue weighted by Gasteiger charge is -2.16. The minimum Gasteiger partial charge on any atom is -0.494 e. The van der Waals surface area contributed by atoms with Gasteiger partial charge in [-0.25, -0.2) is 4.79 Å². The summed E-state index contributed by atoms with van der Waals surface area (Å²) >= 11 is 0. The van der Waals surface area contributed by atoms with Crippen molar-refractivity contribution in [1.82, 2.24) is 5.32 Å². The molecule has 1 heterocycles. The molecule has 2 amide bonds. The van der Waals surface area contributed by atoms with Crippen molar-refractivity contribution in [3.63, 3.8) is 0 Å². The molecule has 0 spiro atoms. The molecule has 0 unspecified atom stereocenters. The summed E-state index contributed by atoms with van der Waals surface area (Å²) in [6, 6.07) is 12.9. The maximum atomic E-state index is 12.1. The van der Waals surface area contributed by atoms with Gasteiger partial charge < -0.3 is 25.4 Å². The second kappa shape index (κ2) is 9.46. The van der Waals surface area contributed by atoms with Gasteiger partial charge in [0.25, 0.3) is 0 Å². The van der Waals surface area contributed by atoms with E-state index in [0.29, 0.717) is 12.3 Å². The Labute approximate surface area is 166 Å². The summed E-state index contributed by atoms with van der Waals surface area (Å²) in [6.45, 7) is 3.96. The SMILES string of the molecule is CCCCOc1ccc(NC(=O)NC[C@@H](O)c2ccc3c(c2)CCN3C)cc1. The van der Waals surface area contributed by atoms with Gasteiger partial charge in [-0.1, -0.05) is 25.5 Å². The fourth-order valence-electron chi connectivity index (χ4n) is 3.25. The summed E-state index contributed by atoms with van der Waals surface area (Å²) < 4.78 is 5.61. The molecular weight excluding hydrogens is 354 g/mol. The molecule has 1 aliphatic heterocycles. The van der Waals surface area contributed by atoms with Crippen LogP contribution in [-0.4, -0.2) is 37.9 Å². The lowest BCUT2D eigenvalue weighted by atomic mass is 10.0. The van der Waals surface area contributed by atoms with Gasteiger partial charge in [0, 0.05) is 31.5 Å². The van der Waals surface area contributed by atoms with Crippen LogP contribution in [0.1, 0.15) is 37.0 Å². The van der Waals surface area contributed by atoms with Gasteiger partial charge in [-0.3, -0.25) is 0 Å². The number of benzene rings is 2. The number of hydrogen-bond donors (Lipinski definition) is 3. The van der Waals surface area contributed by atoms with E-state index in [4.69, 9.17) is 4.74 Å². The third kappa shape index (κ3) is 5.16. The fourth-order valence-corrected chi connectivity index (χ4v) is 3.25. The molecule has 3 rings (SSSR count). The van der Waals surface area contributed by atoms with Crippen molar-refractivity contribution in [1.29, 1.82) is 0 Å². The van der Waals surface area contributed by atoms with Crippen molar-refractivity contribution in [3.8, 4) is 5.75 Å². The zero-order chi connectivity index (χ0) is 19.9. The summed E-state index contributed by atoms with van der Waals surface area (Å²) in [5.74, 6) is 0.789. The highest BCUT2D eigenvalue weighted by Gasteiger charge is 2.18. The maximum absolute atomic E-state index is 12.1. The summed E-state index contributed by atoms with van der Waals surface area (Å²) in [5.41, 5.74) is 3.95. The Hall–Kier alpha value is -2.73. The number of anilines is 2. The van der Waals surface area contributed by atoms with Gasteiger partial charge in [0.05, 0.1) is 12.7 Å². The van der Waals surface area contributed by atoms with Crippen LogP contribution >= 0.6 is 0 Å². The van der Waals surface area contributed by atoms with E-state index < -0.39 is 6.10 Å². The lowest BCUT2D eigenvalue weighted by Crippen LogP contribution is -2.32. The Kier molecular flexibility index (Phi) is 6.76. The van der Waals surface area contributed by atoms with Crippen LogP contribution < -0.4 is 20.3 Å². The molecule has 2 aromatic rings. The molecular formula is C22H29N3O3. The molecule has 1 atom stereocenters. The van der Waals surface area contributed by atoms with Crippen molar-refractivity contribution in [2.45, 2.75) is 32.3 Å². The standard InChI is InChI=1S/C22H29N3O3/c1-3-4-13-28-19-8-6-18(7-9-19)24-22(27)23-15-21(26)17-5-10-20-16(14-17)11-12-25(20)2/h5-10,14,21,26H,3-4,11-13,15H2,1-2H3,(H2,23,24,27)/t21-/m1/s1. The molecule has 2 aromatic carbocycles. The van der Waals surface area contributed by atoms with E-state index in [1.54, 1.807) is 12.1 Å². The largest absolute Gasteiger partial charge is 0.494 e. The second-order valence-electron chi connectivity index (χ2n) is 7.14. The molecule has 0 saturated carbocycles. The predicted molar refractivity (Wildman–Crippen MR) is 112 cm³/mol. The van der Waals surface area contributed by atoms with E-state index in [-0.39, 0.29) is 12.6 Å². The third-order valence-corrected chi connectivity index (χ3v) is 4.95. The number of nitrogens with zero attached hydrogens (tertiary/aromatic N) is 1. The summed E-state index contributed by atoms with van der Waals surface area (Å²) in [5, 5.41) is 15.9. The third-order valence-electron chi connectivity index (χ3n) is 4.95. The minimum absolute atomic E-state index is 0.151. The number of aliphatic hydroxyl groups is 1. The summed E-state index contributed by atoms with van der Waals surface area (Å²) in [7, 11) is 2.07. The first-order valence-corrected chi connectivity index (χ1v) is 9.86. The van der Waals surface area contributed by atoms with Gasteiger partial charge in [0.2, 0.25) is 0 Å². The molecule has 6 nitrogen and oxygen atoms in total. The van der Waals surface area contributed by atoms with Gasteiger partial charge in [-0.15, -0.1) is 0 Å². The van der Waals surface area contributed by atoms with E-state index in [1.165, 1.54) is 11.3 Å². The van der Waals surface area contributed by atoms with Crippen LogP contribution in [0.5, 0.6) is 5.75 Å². The number of fused-ring (bicyclic) bond motifs is 1. The first-order valence-electron chi connectivity index (χ1n) is 9.86. The average Bonchev–Trinajstić information content (AvgIpc) is 3.08. The lowest BCUT2D eigenvalue weighted by molar-refractivity contribution is 0.175. The molecule has 0 bridgehead atoms. The van der Waals surface area contributed by atoms with Crippen LogP contribution in [0.2, 0.25) is 0 Å². The molecule has 0 aromatic heterocycles. The molecule has 0 fully saturated rings. The number of ether oxygens (including phenoxy) is 1. The smallest absolute Gasteiger partial charge is 0.319 e. The van der Waals surface area contributed by atoms with Gasteiger partial charge >= 0.3 is 6.03 Å². The minimum atomic E-state index is -0.740. The molecule has 3 N–H and O–H groups in total. The molecule has 0 aliphatic carbocycles. The monoisotopic (exact) mass is 383 g/mol. The van der Waals surface area contributed by atoms with Crippen molar-refractivity contribution in [2.75, 3.05) is 37.0 Å². The highest BCUT2D eigenvalue weighted by molar-refractivity contribution is 5.89. The summed E-state index contributed by atoms with van der Waals surface area (Å²) in [6.07, 6.45) is 2.36. The van der Waals surface area contributed by atoms with Crippen LogP contribution in [-0.2, 0) is 6.42 Å². The van der Waals surface area contributed by atoms with Crippen molar-refractivity contribution < 1.29 is 14.6 Å². The Morgan fingerprint density at radius 1 is 1.25 bits per heavy atom. The first kappa shape index (κ1) is 20.0. The van der Waals surface area contributed by atoms with Crippen LogP contribution in [0, 0.1) is 0 Å². The first-order chi connectivity index (χ1) is 13.6. The highest BCUT2D eigenvalue weighted by Crippen LogP contribution is 2.29. The normalized spacial score (nSPS) is 13.8. The number of unbranched alkanes of at least 4 members (excludes halogenated alkanes) is 1. The van der Waals surface area contributed by atoms with Crippen molar-refractivity contribution >= 4 is 17.4 Å². The van der Waals surface area contributed by atoms with Gasteiger partial charge in [-0.2, -0.15) is 0 Å². The quantitative estimate of drug-likeness (QED) is 0.608. The Bertz CT molecular complexity index is 792. The van der Waals surface area contributed by atoms with Crippen LogP contribution in [0.3, 0.4) is 0 Å². The number of nitrogens with one attached hydrogen (secondary N) is 2. The number of carbonyl (C=O) groups is 1. The molecule has 1 aliphatic rings. The zero-order valence-electron chi connectivity index (χ0n) is 16.6. The number of aliphatic hydroxyl groups excluding tert-OH is 1. The zero-order valence-corrected chi connectivity index (χ0v) is 16.6. The number of amides is 2. The van der Waals surface area contributed by atoms with Gasteiger partial charge in [0.15, 0.2) is 0 Å². The molecule has 150 valence electrons. The van der Waals surface area contributed by atoms with Crippen LogP contribution in [0.25, 0.3) is 0 Å². The number of urea groups is 1. The van der Waals surface area contributed by atoms with Gasteiger partial charge in [0.1, 0.15) is 5.75 Å². The molecule has 28 heavy (non-hydrogen) atoms. The van der Waals surface area contributed by atoms with E-state index >= 15 is 0 Å². The van der Waals surface area contributed by atoms with E-state index in [0.717, 1.165) is 37.1 Å². The molecule has 0 radical (unpaired) electrons. The van der Waals surface area contributed by atoms with Gasteiger partial charge in [-0.05, 0) is 54.3 Å². The Morgan fingerprint density at radius 2 is 2.04 bits per heavy atom. The molecule has 6 heteroatoms. The average molecular weight is 383 g/mol.